The molecule has 0 aliphatic carbocycles. The van der Waals surface area contributed by atoms with Gasteiger partial charge in [0.05, 0.1) is 11.0 Å². The first-order valence-electron chi connectivity index (χ1n) is 17.3. The van der Waals surface area contributed by atoms with Crippen LogP contribution in [0.1, 0.15) is 0 Å². The Labute approximate surface area is 299 Å². The van der Waals surface area contributed by atoms with Gasteiger partial charge in [0, 0.05) is 63.9 Å². The third kappa shape index (κ3) is 3.81. The van der Waals surface area contributed by atoms with E-state index in [2.05, 4.69) is 108 Å². The standard InChI is InChI=1S/C46H25N3O2S/c1-2-11-26(12-3-1)41-45-42(32-15-6-9-19-37(32)51-45)48-46(47-41)33-16-10-20-39-40(33)34-25-27(21-24-38(34)52-39)49-35-17-7-4-13-28(35)30-22-23-31-29-14-5-8-18-36(29)50-44(31)43(30)49/h1-25H. The molecule has 0 amide bonds. The molecule has 52 heavy (non-hydrogen) atoms. The molecule has 6 heteroatoms. The van der Waals surface area contributed by atoms with Crippen molar-refractivity contribution < 1.29 is 8.83 Å². The van der Waals surface area contributed by atoms with Crippen LogP contribution in [0.25, 0.3) is 114 Å². The molecule has 5 heterocycles. The van der Waals surface area contributed by atoms with E-state index < -0.39 is 0 Å². The highest BCUT2D eigenvalue weighted by Gasteiger charge is 2.22. The number of nitrogens with zero attached hydrogens (tertiary/aromatic N) is 3. The van der Waals surface area contributed by atoms with Crippen LogP contribution >= 0.6 is 11.3 Å². The molecular formula is C46H25N3O2S. The van der Waals surface area contributed by atoms with Gasteiger partial charge in [0.15, 0.2) is 17.0 Å². The predicted molar refractivity (Wildman–Crippen MR) is 215 cm³/mol. The summed E-state index contributed by atoms with van der Waals surface area (Å²) in [7, 11) is 0. The average Bonchev–Trinajstić information content (AvgIpc) is 3.96. The first kappa shape index (κ1) is 28.0. The fourth-order valence-electron chi connectivity index (χ4n) is 8.14. The molecule has 12 rings (SSSR count). The van der Waals surface area contributed by atoms with Gasteiger partial charge in [0.25, 0.3) is 0 Å². The third-order valence-corrected chi connectivity index (χ3v) is 11.6. The summed E-state index contributed by atoms with van der Waals surface area (Å²) in [6.45, 7) is 0. The second-order valence-electron chi connectivity index (χ2n) is 13.3. The molecule has 0 fully saturated rings. The smallest absolute Gasteiger partial charge is 0.180 e. The second-order valence-corrected chi connectivity index (χ2v) is 14.4. The van der Waals surface area contributed by atoms with Crippen molar-refractivity contribution in [3.63, 3.8) is 0 Å². The van der Waals surface area contributed by atoms with Crippen LogP contribution in [-0.4, -0.2) is 14.5 Å². The maximum absolute atomic E-state index is 6.64. The second kappa shape index (κ2) is 10.4. The van der Waals surface area contributed by atoms with E-state index in [1.54, 1.807) is 11.3 Å². The summed E-state index contributed by atoms with van der Waals surface area (Å²) in [6.07, 6.45) is 0. The average molecular weight is 684 g/mol. The van der Waals surface area contributed by atoms with Crippen LogP contribution in [-0.2, 0) is 0 Å². The van der Waals surface area contributed by atoms with Gasteiger partial charge in [-0.25, -0.2) is 9.97 Å². The molecule has 0 aliphatic rings. The van der Waals surface area contributed by atoms with Crippen molar-refractivity contribution in [2.24, 2.45) is 0 Å². The van der Waals surface area contributed by atoms with Gasteiger partial charge in [-0.1, -0.05) is 97.1 Å². The SMILES string of the molecule is c1ccc(-c2nc(-c3cccc4sc5ccc(-n6c7ccccc7c7ccc8c9ccccc9oc8c76)cc5c34)nc3c2oc2ccccc23)cc1. The Morgan fingerprint density at radius 3 is 2.12 bits per heavy atom. The summed E-state index contributed by atoms with van der Waals surface area (Å²) in [5.74, 6) is 0.675. The number of hydrogen-bond donors (Lipinski definition) is 0. The van der Waals surface area contributed by atoms with Crippen molar-refractivity contribution >= 4 is 97.3 Å². The number of thiophene rings is 1. The predicted octanol–water partition coefficient (Wildman–Crippen LogP) is 13.1. The lowest BCUT2D eigenvalue weighted by Crippen LogP contribution is -1.95. The minimum atomic E-state index is 0.675. The van der Waals surface area contributed by atoms with E-state index in [-0.39, 0.29) is 0 Å². The molecule has 0 radical (unpaired) electrons. The topological polar surface area (TPSA) is 57.0 Å². The molecule has 12 aromatic rings. The lowest BCUT2D eigenvalue weighted by molar-refractivity contribution is 0.667. The van der Waals surface area contributed by atoms with Gasteiger partial charge in [-0.3, -0.25) is 0 Å². The molecule has 7 aromatic carbocycles. The quantitative estimate of drug-likeness (QED) is 0.186. The molecule has 0 atom stereocenters. The van der Waals surface area contributed by atoms with Crippen molar-refractivity contribution in [1.29, 1.82) is 0 Å². The van der Waals surface area contributed by atoms with Gasteiger partial charge < -0.3 is 13.4 Å². The molecular weight excluding hydrogens is 659 g/mol. The third-order valence-electron chi connectivity index (χ3n) is 10.4. The summed E-state index contributed by atoms with van der Waals surface area (Å²) in [6, 6.07) is 53.0. The highest BCUT2D eigenvalue weighted by molar-refractivity contribution is 7.26. The maximum atomic E-state index is 6.64. The Kier molecular flexibility index (Phi) is 5.59. The Hall–Kier alpha value is -6.76. The van der Waals surface area contributed by atoms with Crippen molar-refractivity contribution in [3.05, 3.63) is 152 Å². The number of fused-ring (bicyclic) bond motifs is 13. The molecule has 0 saturated heterocycles. The zero-order valence-corrected chi connectivity index (χ0v) is 28.3. The van der Waals surface area contributed by atoms with E-state index in [0.717, 1.165) is 82.7 Å². The van der Waals surface area contributed by atoms with Crippen LogP contribution in [0.2, 0.25) is 0 Å². The Morgan fingerprint density at radius 2 is 1.23 bits per heavy atom. The van der Waals surface area contributed by atoms with Gasteiger partial charge in [0.1, 0.15) is 22.4 Å². The van der Waals surface area contributed by atoms with Gasteiger partial charge in [-0.05, 0) is 54.6 Å². The lowest BCUT2D eigenvalue weighted by atomic mass is 10.0. The van der Waals surface area contributed by atoms with E-state index in [0.29, 0.717) is 11.4 Å². The molecule has 0 spiro atoms. The maximum Gasteiger partial charge on any atom is 0.180 e. The van der Waals surface area contributed by atoms with Gasteiger partial charge in [-0.2, -0.15) is 0 Å². The number of hydrogen-bond acceptors (Lipinski definition) is 5. The highest BCUT2D eigenvalue weighted by atomic mass is 32.1. The monoisotopic (exact) mass is 683 g/mol. The number of benzene rings is 7. The van der Waals surface area contributed by atoms with Crippen LogP contribution in [0.15, 0.2) is 160 Å². The van der Waals surface area contributed by atoms with E-state index >= 15 is 0 Å². The fourth-order valence-corrected chi connectivity index (χ4v) is 9.25. The van der Waals surface area contributed by atoms with Crippen molar-refractivity contribution in [3.8, 4) is 28.3 Å². The van der Waals surface area contributed by atoms with Crippen molar-refractivity contribution in [2.45, 2.75) is 0 Å². The number of furan rings is 2. The zero-order chi connectivity index (χ0) is 33.9. The summed E-state index contributed by atoms with van der Waals surface area (Å²) >= 11 is 1.80. The molecule has 0 saturated carbocycles. The normalized spacial score (nSPS) is 12.2. The van der Waals surface area contributed by atoms with Crippen LogP contribution < -0.4 is 0 Å². The van der Waals surface area contributed by atoms with Gasteiger partial charge >= 0.3 is 0 Å². The Balaban J connectivity index is 1.16. The molecule has 242 valence electrons. The fraction of sp³-hybridized carbons (Fsp3) is 0. The molecule has 0 aliphatic heterocycles. The minimum absolute atomic E-state index is 0.675. The van der Waals surface area contributed by atoms with E-state index in [4.69, 9.17) is 18.8 Å². The lowest BCUT2D eigenvalue weighted by Gasteiger charge is -2.10. The molecule has 5 nitrogen and oxygen atoms in total. The Bertz CT molecular complexity index is 3420. The van der Waals surface area contributed by atoms with Gasteiger partial charge in [-0.15, -0.1) is 11.3 Å². The molecule has 0 bridgehead atoms. The summed E-state index contributed by atoms with van der Waals surface area (Å²) in [5, 5.41) is 7.88. The summed E-state index contributed by atoms with van der Waals surface area (Å²) in [5.41, 5.74) is 10.2. The van der Waals surface area contributed by atoms with Crippen LogP contribution in [0, 0.1) is 0 Å². The summed E-state index contributed by atoms with van der Waals surface area (Å²) < 4.78 is 17.8. The number of aromatic nitrogens is 3. The zero-order valence-electron chi connectivity index (χ0n) is 27.5. The van der Waals surface area contributed by atoms with Crippen molar-refractivity contribution in [2.75, 3.05) is 0 Å². The van der Waals surface area contributed by atoms with Crippen LogP contribution in [0.4, 0.5) is 0 Å². The van der Waals surface area contributed by atoms with Crippen molar-refractivity contribution in [1.82, 2.24) is 14.5 Å². The minimum Gasteiger partial charge on any atom is -0.454 e. The molecule has 5 aromatic heterocycles. The highest BCUT2D eigenvalue weighted by Crippen LogP contribution is 2.44. The van der Waals surface area contributed by atoms with Crippen LogP contribution in [0.3, 0.4) is 0 Å². The molecule has 0 unspecified atom stereocenters. The first-order valence-corrected chi connectivity index (χ1v) is 18.1. The molecule has 0 N–H and O–H groups in total. The van der Waals surface area contributed by atoms with E-state index in [9.17, 15) is 0 Å². The number of rotatable bonds is 3. The first-order chi connectivity index (χ1) is 25.8. The van der Waals surface area contributed by atoms with E-state index in [1.807, 2.05) is 48.5 Å². The Morgan fingerprint density at radius 1 is 0.500 bits per heavy atom. The number of para-hydroxylation sites is 3. The van der Waals surface area contributed by atoms with E-state index in [1.165, 1.54) is 20.2 Å². The summed E-state index contributed by atoms with van der Waals surface area (Å²) in [4.78, 5) is 10.5. The van der Waals surface area contributed by atoms with Crippen LogP contribution in [0.5, 0.6) is 0 Å². The van der Waals surface area contributed by atoms with Gasteiger partial charge in [0.2, 0.25) is 0 Å². The largest absolute Gasteiger partial charge is 0.454 e.